The van der Waals surface area contributed by atoms with Crippen LogP contribution in [0.3, 0.4) is 0 Å². The zero-order valence-corrected chi connectivity index (χ0v) is 16.6. The Labute approximate surface area is 167 Å². The average molecular weight is 395 g/mol. The molecule has 0 aromatic heterocycles. The van der Waals surface area contributed by atoms with Crippen molar-refractivity contribution in [3.8, 4) is 0 Å². The highest BCUT2D eigenvalue weighted by molar-refractivity contribution is 5.85. The maximum Gasteiger partial charge on any atom is 0.224 e. The van der Waals surface area contributed by atoms with Crippen LogP contribution in [0.4, 0.5) is 0 Å². The molecule has 7 heteroatoms. The number of piperidine rings is 1. The number of hydrogen-bond donors (Lipinski definition) is 4. The van der Waals surface area contributed by atoms with E-state index in [1.54, 1.807) is 7.05 Å². The third-order valence-electron chi connectivity index (χ3n) is 6.02. The maximum atomic E-state index is 12.6. The van der Waals surface area contributed by atoms with Crippen LogP contribution in [-0.2, 0) is 16.0 Å². The van der Waals surface area contributed by atoms with Crippen molar-refractivity contribution in [3.63, 3.8) is 0 Å². The van der Waals surface area contributed by atoms with E-state index < -0.39 is 0 Å². The van der Waals surface area contributed by atoms with Gasteiger partial charge in [-0.25, -0.2) is 0 Å². The average Bonchev–Trinajstić information content (AvgIpc) is 3.09. The summed E-state index contributed by atoms with van der Waals surface area (Å²) >= 11 is 0. The molecule has 1 aromatic rings. The second-order valence-corrected chi connectivity index (χ2v) is 7.54. The van der Waals surface area contributed by atoms with Crippen LogP contribution in [-0.4, -0.2) is 44.5 Å². The molecule has 0 aliphatic carbocycles. The van der Waals surface area contributed by atoms with Gasteiger partial charge in [0.2, 0.25) is 11.8 Å². The van der Waals surface area contributed by atoms with Gasteiger partial charge >= 0.3 is 0 Å². The summed E-state index contributed by atoms with van der Waals surface area (Å²) in [6.07, 6.45) is 2.70. The molecule has 2 aliphatic rings. The molecule has 2 fully saturated rings. The van der Waals surface area contributed by atoms with Gasteiger partial charge in [-0.2, -0.15) is 0 Å². The first-order valence-corrected chi connectivity index (χ1v) is 9.60. The van der Waals surface area contributed by atoms with Gasteiger partial charge in [-0.1, -0.05) is 30.3 Å². The van der Waals surface area contributed by atoms with E-state index in [4.69, 9.17) is 5.73 Å². The van der Waals surface area contributed by atoms with Gasteiger partial charge in [0.1, 0.15) is 0 Å². The lowest BCUT2D eigenvalue weighted by Gasteiger charge is -2.37. The van der Waals surface area contributed by atoms with E-state index in [0.29, 0.717) is 12.5 Å². The van der Waals surface area contributed by atoms with E-state index in [9.17, 15) is 9.59 Å². The molecule has 6 nitrogen and oxygen atoms in total. The zero-order chi connectivity index (χ0) is 18.5. The van der Waals surface area contributed by atoms with Gasteiger partial charge < -0.3 is 21.7 Å². The standard InChI is InChI=1S/C20H30N4O2.ClH/c1-22-20(26)15(9-5-8-13-6-3-2-4-7-13)18-17-14(11-24-18)10-23-12-16(17)19(21)25;/h2-4,6-7,14-18,23-24H,5,8-12H2,1H3,(H2,21,25)(H,22,26);1H/t14?,15-,16?,17?,18?;/m0./s1. The number of fused-ring (bicyclic) bond motifs is 1. The normalized spacial score (nSPS) is 27.9. The summed E-state index contributed by atoms with van der Waals surface area (Å²) < 4.78 is 0. The van der Waals surface area contributed by atoms with Crippen LogP contribution in [0.1, 0.15) is 18.4 Å². The Bertz CT molecular complexity index is 628. The number of carbonyl (C=O) groups excluding carboxylic acids is 2. The Kier molecular flexibility index (Phi) is 8.07. The Balaban J connectivity index is 0.00000261. The van der Waals surface area contributed by atoms with Crippen LogP contribution in [0.15, 0.2) is 30.3 Å². The van der Waals surface area contributed by atoms with Gasteiger partial charge in [0.25, 0.3) is 0 Å². The molecule has 2 amide bonds. The molecular weight excluding hydrogens is 364 g/mol. The third kappa shape index (κ3) is 5.00. The Morgan fingerprint density at radius 1 is 1.22 bits per heavy atom. The van der Waals surface area contributed by atoms with Gasteiger partial charge in [0.15, 0.2) is 0 Å². The number of benzene rings is 1. The summed E-state index contributed by atoms with van der Waals surface area (Å²) in [7, 11) is 1.69. The van der Waals surface area contributed by atoms with Gasteiger partial charge in [-0.05, 0) is 49.8 Å². The highest BCUT2D eigenvalue weighted by Gasteiger charge is 2.48. The minimum Gasteiger partial charge on any atom is -0.369 e. The lowest BCUT2D eigenvalue weighted by atomic mass is 9.72. The van der Waals surface area contributed by atoms with E-state index in [2.05, 4.69) is 28.1 Å². The second kappa shape index (κ2) is 10.1. The lowest BCUT2D eigenvalue weighted by Crippen LogP contribution is -2.53. The molecule has 3 rings (SSSR count). The fraction of sp³-hybridized carbons (Fsp3) is 0.600. The van der Waals surface area contributed by atoms with Crippen molar-refractivity contribution >= 4 is 24.2 Å². The monoisotopic (exact) mass is 394 g/mol. The summed E-state index contributed by atoms with van der Waals surface area (Å²) in [4.78, 5) is 24.6. The van der Waals surface area contributed by atoms with E-state index >= 15 is 0 Å². The minimum absolute atomic E-state index is 0. The second-order valence-electron chi connectivity index (χ2n) is 7.54. The Morgan fingerprint density at radius 3 is 2.63 bits per heavy atom. The smallest absolute Gasteiger partial charge is 0.224 e. The molecule has 27 heavy (non-hydrogen) atoms. The van der Waals surface area contributed by atoms with Crippen molar-refractivity contribution in [1.29, 1.82) is 0 Å². The van der Waals surface area contributed by atoms with Crippen LogP contribution in [0.2, 0.25) is 0 Å². The molecule has 0 saturated carbocycles. The molecule has 2 saturated heterocycles. The van der Waals surface area contributed by atoms with Crippen LogP contribution < -0.4 is 21.7 Å². The summed E-state index contributed by atoms with van der Waals surface area (Å²) in [5.74, 6) is -0.0761. The lowest BCUT2D eigenvalue weighted by molar-refractivity contribution is -0.129. The van der Waals surface area contributed by atoms with Gasteiger partial charge in [0.05, 0.1) is 11.8 Å². The first-order chi connectivity index (χ1) is 12.6. The highest BCUT2D eigenvalue weighted by atomic mass is 35.5. The van der Waals surface area contributed by atoms with Crippen LogP contribution in [0.5, 0.6) is 0 Å². The van der Waals surface area contributed by atoms with Crippen LogP contribution in [0.25, 0.3) is 0 Å². The van der Waals surface area contributed by atoms with E-state index in [1.165, 1.54) is 5.56 Å². The molecule has 4 unspecified atom stereocenters. The number of aryl methyl sites for hydroxylation is 1. The first kappa shape index (κ1) is 21.7. The van der Waals surface area contributed by atoms with Crippen molar-refractivity contribution in [2.75, 3.05) is 26.7 Å². The molecular formula is C20H31ClN4O2. The van der Waals surface area contributed by atoms with Crippen molar-refractivity contribution in [2.24, 2.45) is 29.4 Å². The number of rotatable bonds is 7. The van der Waals surface area contributed by atoms with Crippen molar-refractivity contribution < 1.29 is 9.59 Å². The van der Waals surface area contributed by atoms with Crippen molar-refractivity contribution in [3.05, 3.63) is 35.9 Å². The molecule has 2 heterocycles. The number of carbonyl (C=O) groups is 2. The molecule has 0 radical (unpaired) electrons. The molecule has 0 bridgehead atoms. The molecule has 2 aliphatic heterocycles. The summed E-state index contributed by atoms with van der Waals surface area (Å²) in [6, 6.07) is 10.3. The van der Waals surface area contributed by atoms with Gasteiger partial charge in [-0.3, -0.25) is 9.59 Å². The zero-order valence-electron chi connectivity index (χ0n) is 15.8. The topological polar surface area (TPSA) is 96.2 Å². The van der Waals surface area contributed by atoms with E-state index in [0.717, 1.165) is 32.4 Å². The van der Waals surface area contributed by atoms with E-state index in [-0.39, 0.29) is 48.0 Å². The van der Waals surface area contributed by atoms with Crippen molar-refractivity contribution in [1.82, 2.24) is 16.0 Å². The van der Waals surface area contributed by atoms with Crippen LogP contribution >= 0.6 is 12.4 Å². The summed E-state index contributed by atoms with van der Waals surface area (Å²) in [5.41, 5.74) is 6.95. The minimum atomic E-state index is -0.263. The molecule has 1 aromatic carbocycles. The molecule has 150 valence electrons. The maximum absolute atomic E-state index is 12.6. The molecule has 5 atom stereocenters. The first-order valence-electron chi connectivity index (χ1n) is 9.60. The van der Waals surface area contributed by atoms with Gasteiger partial charge in [0, 0.05) is 19.6 Å². The fourth-order valence-corrected chi connectivity index (χ4v) is 4.73. The molecule has 5 N–H and O–H groups in total. The van der Waals surface area contributed by atoms with E-state index in [1.807, 2.05) is 18.2 Å². The number of nitrogens with two attached hydrogens (primary N) is 1. The Hall–Kier alpha value is -1.63. The molecule has 0 spiro atoms. The Morgan fingerprint density at radius 2 is 1.96 bits per heavy atom. The summed E-state index contributed by atoms with van der Waals surface area (Å²) in [5, 5.41) is 9.67. The SMILES string of the molecule is CNC(=O)[C@@H](CCCc1ccccc1)C1NCC2CNCC(C(N)=O)C21.Cl. The quantitative estimate of drug-likeness (QED) is 0.547. The predicted molar refractivity (Wildman–Crippen MR) is 109 cm³/mol. The van der Waals surface area contributed by atoms with Crippen LogP contribution in [0, 0.1) is 23.7 Å². The predicted octanol–water partition coefficient (Wildman–Crippen LogP) is 0.702. The largest absolute Gasteiger partial charge is 0.369 e. The number of hydrogen-bond acceptors (Lipinski definition) is 4. The number of halogens is 1. The fourth-order valence-electron chi connectivity index (χ4n) is 4.73. The third-order valence-corrected chi connectivity index (χ3v) is 6.02. The highest BCUT2D eigenvalue weighted by Crippen LogP contribution is 2.37. The van der Waals surface area contributed by atoms with Crippen molar-refractivity contribution in [2.45, 2.75) is 25.3 Å². The summed E-state index contributed by atoms with van der Waals surface area (Å²) in [6.45, 7) is 2.32. The number of nitrogens with one attached hydrogen (secondary N) is 3. The number of primary amides is 1. The van der Waals surface area contributed by atoms with Gasteiger partial charge in [-0.15, -0.1) is 12.4 Å². The number of amides is 2.